The van der Waals surface area contributed by atoms with Crippen molar-refractivity contribution in [3.63, 3.8) is 0 Å². The van der Waals surface area contributed by atoms with Gasteiger partial charge in [0.2, 0.25) is 0 Å². The molecule has 2 bridgehead atoms. The van der Waals surface area contributed by atoms with Gasteiger partial charge in [-0.1, -0.05) is 68.5 Å². The molecule has 0 radical (unpaired) electrons. The van der Waals surface area contributed by atoms with Gasteiger partial charge in [-0.15, -0.1) is 0 Å². The zero-order valence-corrected chi connectivity index (χ0v) is 21.6. The van der Waals surface area contributed by atoms with Gasteiger partial charge in [0.25, 0.3) is 0 Å². The van der Waals surface area contributed by atoms with E-state index in [1.54, 1.807) is 0 Å². The summed E-state index contributed by atoms with van der Waals surface area (Å²) in [6, 6.07) is 16.2. The van der Waals surface area contributed by atoms with Crippen molar-refractivity contribution >= 4 is 5.97 Å². The summed E-state index contributed by atoms with van der Waals surface area (Å²) >= 11 is 0. The molecule has 0 aromatic heterocycles. The predicted molar refractivity (Wildman–Crippen MR) is 141 cm³/mol. The number of nitrogens with zero attached hydrogens (tertiary/aromatic N) is 1. The number of unbranched alkanes of at least 4 members (excludes halogenated alkanes) is 6. The largest absolute Gasteiger partial charge is 0.461 e. The molecular formula is C31H41NO4. The number of hydrogen-bond acceptors (Lipinski definition) is 5. The normalized spacial score (nSPS) is 24.4. The number of aliphatic hydroxyl groups excluding tert-OH is 1. The summed E-state index contributed by atoms with van der Waals surface area (Å²) in [6.07, 6.45) is 11.8. The summed E-state index contributed by atoms with van der Waals surface area (Å²) in [5.74, 6) is 1.99. The van der Waals surface area contributed by atoms with Crippen molar-refractivity contribution in [3.05, 3.63) is 59.7 Å². The van der Waals surface area contributed by atoms with Crippen LogP contribution < -0.4 is 4.74 Å². The first-order valence-electron chi connectivity index (χ1n) is 14.0. The fourth-order valence-corrected chi connectivity index (χ4v) is 6.94. The first-order chi connectivity index (χ1) is 17.7. The molecule has 3 aliphatic rings. The van der Waals surface area contributed by atoms with Crippen molar-refractivity contribution < 1.29 is 19.4 Å². The first-order valence-corrected chi connectivity index (χ1v) is 14.0. The maximum Gasteiger partial charge on any atom is 0.318 e. The second-order valence-corrected chi connectivity index (χ2v) is 11.0. The van der Waals surface area contributed by atoms with Gasteiger partial charge in [-0.3, -0.25) is 4.79 Å². The van der Waals surface area contributed by atoms with Gasteiger partial charge < -0.3 is 19.5 Å². The third-order valence-corrected chi connectivity index (χ3v) is 8.67. The maximum atomic E-state index is 13.7. The fraction of sp³-hybridized carbons (Fsp3) is 0.581. The van der Waals surface area contributed by atoms with Crippen LogP contribution in [-0.4, -0.2) is 48.3 Å². The Bertz CT molecular complexity index is 978. The number of para-hydroxylation sites is 2. The Morgan fingerprint density at radius 2 is 1.53 bits per heavy atom. The van der Waals surface area contributed by atoms with Gasteiger partial charge in [0.05, 0.1) is 0 Å². The van der Waals surface area contributed by atoms with E-state index in [1.807, 2.05) is 48.5 Å². The van der Waals surface area contributed by atoms with Gasteiger partial charge in [0, 0.05) is 29.7 Å². The molecule has 1 heterocycles. The van der Waals surface area contributed by atoms with Crippen LogP contribution in [0.15, 0.2) is 48.5 Å². The lowest BCUT2D eigenvalue weighted by Gasteiger charge is -2.31. The van der Waals surface area contributed by atoms with Crippen LogP contribution in [0.5, 0.6) is 11.5 Å². The third kappa shape index (κ3) is 5.33. The summed E-state index contributed by atoms with van der Waals surface area (Å²) in [5, 5.41) is 8.89. The SMILES string of the molecule is CN(CCCCCCCCCO)C1C2CCC1C(OC(=O)C1c3ccccc3Oc3ccccc31)C2. The molecule has 2 saturated carbocycles. The van der Waals surface area contributed by atoms with Crippen molar-refractivity contribution in [2.45, 2.75) is 82.3 Å². The lowest BCUT2D eigenvalue weighted by Crippen LogP contribution is -2.38. The van der Waals surface area contributed by atoms with E-state index in [0.717, 1.165) is 54.9 Å². The van der Waals surface area contributed by atoms with Crippen LogP contribution in [0.3, 0.4) is 0 Å². The van der Waals surface area contributed by atoms with Gasteiger partial charge in [-0.25, -0.2) is 0 Å². The van der Waals surface area contributed by atoms with Gasteiger partial charge in [0.15, 0.2) is 0 Å². The quantitative estimate of drug-likeness (QED) is 0.279. The Kier molecular flexibility index (Phi) is 8.28. The molecule has 1 aliphatic heterocycles. The van der Waals surface area contributed by atoms with E-state index < -0.39 is 5.92 Å². The minimum Gasteiger partial charge on any atom is -0.461 e. The number of esters is 1. The van der Waals surface area contributed by atoms with Crippen LogP contribution >= 0.6 is 0 Å². The van der Waals surface area contributed by atoms with Crippen LogP contribution in [0.2, 0.25) is 0 Å². The summed E-state index contributed by atoms with van der Waals surface area (Å²) < 4.78 is 12.4. The summed E-state index contributed by atoms with van der Waals surface area (Å²) in [4.78, 5) is 16.2. The smallest absolute Gasteiger partial charge is 0.318 e. The van der Waals surface area contributed by atoms with Gasteiger partial charge in [-0.05, 0) is 63.7 Å². The minimum absolute atomic E-state index is 0.0115. The molecule has 194 valence electrons. The first kappa shape index (κ1) is 25.3. The number of fused-ring (bicyclic) bond motifs is 4. The zero-order chi connectivity index (χ0) is 24.9. The molecule has 4 atom stereocenters. The molecule has 2 aromatic carbocycles. The van der Waals surface area contributed by atoms with Crippen molar-refractivity contribution in [1.29, 1.82) is 0 Å². The Hall–Kier alpha value is -2.37. The monoisotopic (exact) mass is 491 g/mol. The van der Waals surface area contributed by atoms with E-state index >= 15 is 0 Å². The van der Waals surface area contributed by atoms with Crippen LogP contribution in [0.1, 0.15) is 81.3 Å². The van der Waals surface area contributed by atoms with E-state index in [1.165, 1.54) is 38.5 Å². The van der Waals surface area contributed by atoms with Crippen LogP contribution in [0.4, 0.5) is 0 Å². The number of ether oxygens (including phenoxy) is 2. The topological polar surface area (TPSA) is 59.0 Å². The van der Waals surface area contributed by atoms with E-state index in [0.29, 0.717) is 24.5 Å². The predicted octanol–water partition coefficient (Wildman–Crippen LogP) is 6.29. The molecule has 1 N–H and O–H groups in total. The van der Waals surface area contributed by atoms with Crippen LogP contribution in [0, 0.1) is 11.8 Å². The molecule has 5 rings (SSSR count). The number of hydrogen-bond donors (Lipinski definition) is 1. The number of carbonyl (C=O) groups excluding carboxylic acids is 1. The van der Waals surface area contributed by atoms with Gasteiger partial charge >= 0.3 is 5.97 Å². The highest BCUT2D eigenvalue weighted by Gasteiger charge is 2.51. The van der Waals surface area contributed by atoms with E-state index in [-0.39, 0.29) is 12.1 Å². The van der Waals surface area contributed by atoms with E-state index in [2.05, 4.69) is 11.9 Å². The Labute approximate surface area is 215 Å². The molecule has 2 aliphatic carbocycles. The van der Waals surface area contributed by atoms with Crippen molar-refractivity contribution in [2.24, 2.45) is 11.8 Å². The maximum absolute atomic E-state index is 13.7. The number of carbonyl (C=O) groups is 1. The Morgan fingerprint density at radius 3 is 2.19 bits per heavy atom. The molecule has 4 unspecified atom stereocenters. The highest BCUT2D eigenvalue weighted by Crippen LogP contribution is 2.50. The third-order valence-electron chi connectivity index (χ3n) is 8.67. The molecule has 5 nitrogen and oxygen atoms in total. The summed E-state index contributed by atoms with van der Waals surface area (Å²) in [5.41, 5.74) is 1.80. The van der Waals surface area contributed by atoms with Crippen molar-refractivity contribution in [2.75, 3.05) is 20.2 Å². The molecule has 36 heavy (non-hydrogen) atoms. The molecule has 0 amide bonds. The average molecular weight is 492 g/mol. The molecule has 2 fully saturated rings. The highest BCUT2D eigenvalue weighted by atomic mass is 16.5. The Morgan fingerprint density at radius 1 is 0.917 bits per heavy atom. The summed E-state index contributed by atoms with van der Waals surface area (Å²) in [7, 11) is 2.27. The lowest BCUT2D eigenvalue weighted by molar-refractivity contribution is -0.152. The lowest BCUT2D eigenvalue weighted by atomic mass is 9.88. The molecular weight excluding hydrogens is 450 g/mol. The number of aliphatic hydroxyl groups is 1. The van der Waals surface area contributed by atoms with Gasteiger partial charge in [0.1, 0.15) is 23.5 Å². The van der Waals surface area contributed by atoms with Crippen LogP contribution in [0.25, 0.3) is 0 Å². The van der Waals surface area contributed by atoms with Crippen LogP contribution in [-0.2, 0) is 9.53 Å². The standard InChI is InChI=1S/C31H41NO4/c1-32(19-11-5-3-2-4-6-12-20-33)30-22-17-18-25(30)28(21-22)36-31(34)29-23-13-7-9-15-26(23)35-27-16-10-8-14-24(27)29/h7-10,13-16,22,25,28-30,33H,2-6,11-12,17-21H2,1H3. The molecule has 0 saturated heterocycles. The van der Waals surface area contributed by atoms with Crippen molar-refractivity contribution in [3.8, 4) is 11.5 Å². The van der Waals surface area contributed by atoms with E-state index in [9.17, 15) is 4.79 Å². The minimum atomic E-state index is -0.432. The second kappa shape index (κ2) is 11.8. The van der Waals surface area contributed by atoms with Gasteiger partial charge in [-0.2, -0.15) is 0 Å². The molecule has 2 aromatic rings. The number of benzene rings is 2. The van der Waals surface area contributed by atoms with Crippen molar-refractivity contribution in [1.82, 2.24) is 4.90 Å². The summed E-state index contributed by atoms with van der Waals surface area (Å²) in [6.45, 7) is 1.44. The zero-order valence-electron chi connectivity index (χ0n) is 21.6. The van der Waals surface area contributed by atoms with E-state index in [4.69, 9.17) is 14.6 Å². The molecule has 0 spiro atoms. The second-order valence-electron chi connectivity index (χ2n) is 11.0. The highest BCUT2D eigenvalue weighted by molar-refractivity contribution is 5.85. The fourth-order valence-electron chi connectivity index (χ4n) is 6.94. The molecule has 5 heteroatoms. The number of rotatable bonds is 12. The Balaban J connectivity index is 1.17. The average Bonchev–Trinajstić information content (AvgIpc) is 3.46.